The van der Waals surface area contributed by atoms with Crippen LogP contribution in [0.2, 0.25) is 0 Å². The summed E-state index contributed by atoms with van der Waals surface area (Å²) < 4.78 is 1.69. The maximum atomic E-state index is 11.8. The lowest BCUT2D eigenvalue weighted by Gasteiger charge is -2.12. The van der Waals surface area contributed by atoms with Gasteiger partial charge in [0, 0.05) is 18.9 Å². The van der Waals surface area contributed by atoms with Gasteiger partial charge in [-0.2, -0.15) is 5.10 Å². The topological polar surface area (TPSA) is 96.3 Å². The van der Waals surface area contributed by atoms with Crippen LogP contribution < -0.4 is 10.6 Å². The molecule has 0 aliphatic rings. The lowest BCUT2D eigenvalue weighted by atomic mass is 10.1. The van der Waals surface area contributed by atoms with Gasteiger partial charge in [-0.1, -0.05) is 12.1 Å². The van der Waals surface area contributed by atoms with Crippen LogP contribution in [0.25, 0.3) is 0 Å². The third-order valence-electron chi connectivity index (χ3n) is 2.93. The zero-order valence-electron chi connectivity index (χ0n) is 11.5. The van der Waals surface area contributed by atoms with E-state index in [-0.39, 0.29) is 5.56 Å². The Kier molecular flexibility index (Phi) is 4.55. The van der Waals surface area contributed by atoms with E-state index in [0.717, 1.165) is 0 Å². The molecule has 0 unspecified atom stereocenters. The van der Waals surface area contributed by atoms with Crippen LogP contribution >= 0.6 is 0 Å². The fraction of sp³-hybridized carbons (Fsp3) is 0.214. The fourth-order valence-corrected chi connectivity index (χ4v) is 1.89. The molecule has 2 amide bonds. The van der Waals surface area contributed by atoms with Crippen molar-refractivity contribution in [3.8, 4) is 0 Å². The second-order valence-electron chi connectivity index (χ2n) is 4.45. The number of benzene rings is 1. The van der Waals surface area contributed by atoms with Crippen LogP contribution in [0, 0.1) is 6.92 Å². The minimum absolute atomic E-state index is 0.0669. The average Bonchev–Trinajstić information content (AvgIpc) is 2.94. The van der Waals surface area contributed by atoms with Gasteiger partial charge in [0.1, 0.15) is 0 Å². The molecule has 0 bridgehead atoms. The number of carboxylic acids is 1. The Morgan fingerprint density at radius 3 is 2.81 bits per heavy atom. The molecule has 7 nitrogen and oxygen atoms in total. The number of nitrogens with one attached hydrogen (secondary N) is 2. The Labute approximate surface area is 121 Å². The summed E-state index contributed by atoms with van der Waals surface area (Å²) in [5.41, 5.74) is 1.07. The van der Waals surface area contributed by atoms with Gasteiger partial charge in [0.25, 0.3) is 0 Å². The Morgan fingerprint density at radius 1 is 1.33 bits per heavy atom. The van der Waals surface area contributed by atoms with Crippen molar-refractivity contribution < 1.29 is 14.7 Å². The Balaban J connectivity index is 1.95. The number of urea groups is 1. The van der Waals surface area contributed by atoms with E-state index in [9.17, 15) is 9.59 Å². The van der Waals surface area contributed by atoms with Gasteiger partial charge in [0.05, 0.1) is 17.8 Å². The second kappa shape index (κ2) is 6.56. The summed E-state index contributed by atoms with van der Waals surface area (Å²) in [7, 11) is 0. The average molecular weight is 288 g/mol. The molecule has 1 aromatic heterocycles. The van der Waals surface area contributed by atoms with E-state index in [2.05, 4.69) is 15.7 Å². The van der Waals surface area contributed by atoms with Crippen molar-refractivity contribution in [3.63, 3.8) is 0 Å². The van der Waals surface area contributed by atoms with Crippen LogP contribution in [0.5, 0.6) is 0 Å². The minimum Gasteiger partial charge on any atom is -0.478 e. The van der Waals surface area contributed by atoms with E-state index >= 15 is 0 Å². The third-order valence-corrected chi connectivity index (χ3v) is 2.93. The molecule has 3 N–H and O–H groups in total. The molecule has 0 saturated heterocycles. The summed E-state index contributed by atoms with van der Waals surface area (Å²) >= 11 is 0. The lowest BCUT2D eigenvalue weighted by Crippen LogP contribution is -2.32. The first-order chi connectivity index (χ1) is 10.1. The SMILES string of the molecule is Cc1cccc(C(=O)O)c1NC(=O)NCCn1cccn1. The minimum atomic E-state index is -1.08. The molecule has 0 spiro atoms. The standard InChI is InChI=1S/C14H16N4O3/c1-10-4-2-5-11(13(19)20)12(10)17-14(21)15-7-9-18-8-3-6-16-18/h2-6,8H,7,9H2,1H3,(H,19,20)(H2,15,17,21). The predicted octanol–water partition coefficient (Wildman–Crippen LogP) is 1.71. The van der Waals surface area contributed by atoms with E-state index in [1.807, 2.05) is 0 Å². The number of carboxylic acid groups (broad SMARTS) is 1. The number of carbonyl (C=O) groups is 2. The molecule has 1 aromatic carbocycles. The van der Waals surface area contributed by atoms with Gasteiger partial charge in [-0.15, -0.1) is 0 Å². The first kappa shape index (κ1) is 14.6. The van der Waals surface area contributed by atoms with Crippen molar-refractivity contribution in [3.05, 3.63) is 47.8 Å². The van der Waals surface area contributed by atoms with Crippen molar-refractivity contribution >= 4 is 17.7 Å². The van der Waals surface area contributed by atoms with Crippen molar-refractivity contribution in [1.29, 1.82) is 0 Å². The van der Waals surface area contributed by atoms with Gasteiger partial charge in [-0.05, 0) is 24.6 Å². The number of nitrogens with zero attached hydrogens (tertiary/aromatic N) is 2. The molecule has 0 saturated carbocycles. The highest BCUT2D eigenvalue weighted by molar-refractivity contribution is 6.00. The third kappa shape index (κ3) is 3.82. The molecule has 0 fully saturated rings. The largest absolute Gasteiger partial charge is 0.478 e. The van der Waals surface area contributed by atoms with E-state index in [4.69, 9.17) is 5.11 Å². The number of hydrogen-bond donors (Lipinski definition) is 3. The monoisotopic (exact) mass is 288 g/mol. The Morgan fingerprint density at radius 2 is 2.14 bits per heavy atom. The van der Waals surface area contributed by atoms with Crippen LogP contribution in [0.4, 0.5) is 10.5 Å². The molecular weight excluding hydrogens is 272 g/mol. The number of aromatic carboxylic acids is 1. The Bertz CT molecular complexity index is 638. The second-order valence-corrected chi connectivity index (χ2v) is 4.45. The Hall–Kier alpha value is -2.83. The van der Waals surface area contributed by atoms with Crippen LogP contribution in [0.15, 0.2) is 36.7 Å². The van der Waals surface area contributed by atoms with Gasteiger partial charge >= 0.3 is 12.0 Å². The molecule has 0 aliphatic heterocycles. The first-order valence-corrected chi connectivity index (χ1v) is 6.43. The van der Waals surface area contributed by atoms with Crippen LogP contribution in [0.1, 0.15) is 15.9 Å². The summed E-state index contributed by atoms with van der Waals surface area (Å²) in [6.07, 6.45) is 3.45. The van der Waals surface area contributed by atoms with Crippen LogP contribution in [0.3, 0.4) is 0 Å². The zero-order chi connectivity index (χ0) is 15.2. The normalized spacial score (nSPS) is 10.1. The number of carbonyl (C=O) groups excluding carboxylic acids is 1. The number of hydrogen-bond acceptors (Lipinski definition) is 3. The van der Waals surface area contributed by atoms with Gasteiger partial charge in [-0.25, -0.2) is 9.59 Å². The molecule has 1 heterocycles. The molecule has 0 aliphatic carbocycles. The quantitative estimate of drug-likeness (QED) is 0.780. The van der Waals surface area contributed by atoms with Gasteiger partial charge in [-0.3, -0.25) is 4.68 Å². The van der Waals surface area contributed by atoms with Crippen LogP contribution in [-0.2, 0) is 6.54 Å². The highest BCUT2D eigenvalue weighted by atomic mass is 16.4. The number of para-hydroxylation sites is 1. The summed E-state index contributed by atoms with van der Waals surface area (Å²) in [5.74, 6) is -1.08. The number of amides is 2. The number of anilines is 1. The summed E-state index contributed by atoms with van der Waals surface area (Å²) in [5, 5.41) is 18.4. The molecular formula is C14H16N4O3. The highest BCUT2D eigenvalue weighted by Gasteiger charge is 2.14. The maximum Gasteiger partial charge on any atom is 0.337 e. The molecule has 2 aromatic rings. The van der Waals surface area contributed by atoms with Crippen molar-refractivity contribution in [2.75, 3.05) is 11.9 Å². The van der Waals surface area contributed by atoms with Crippen molar-refractivity contribution in [2.45, 2.75) is 13.5 Å². The smallest absolute Gasteiger partial charge is 0.337 e. The summed E-state index contributed by atoms with van der Waals surface area (Å²) in [6, 6.07) is 6.19. The van der Waals surface area contributed by atoms with Gasteiger partial charge in [0.15, 0.2) is 0 Å². The maximum absolute atomic E-state index is 11.8. The molecule has 110 valence electrons. The predicted molar refractivity (Wildman–Crippen MR) is 77.4 cm³/mol. The van der Waals surface area contributed by atoms with E-state index in [1.165, 1.54) is 6.07 Å². The van der Waals surface area contributed by atoms with Crippen molar-refractivity contribution in [2.24, 2.45) is 0 Å². The highest BCUT2D eigenvalue weighted by Crippen LogP contribution is 2.20. The van der Waals surface area contributed by atoms with Crippen LogP contribution in [-0.4, -0.2) is 33.4 Å². The van der Waals surface area contributed by atoms with E-state index in [1.54, 1.807) is 42.2 Å². The van der Waals surface area contributed by atoms with Gasteiger partial charge in [0.2, 0.25) is 0 Å². The molecule has 7 heteroatoms. The fourth-order valence-electron chi connectivity index (χ4n) is 1.89. The number of rotatable bonds is 5. The number of aryl methyl sites for hydroxylation is 1. The zero-order valence-corrected chi connectivity index (χ0v) is 11.5. The first-order valence-electron chi connectivity index (χ1n) is 6.43. The molecule has 0 atom stereocenters. The van der Waals surface area contributed by atoms with Crippen molar-refractivity contribution in [1.82, 2.24) is 15.1 Å². The number of aromatic nitrogens is 2. The van der Waals surface area contributed by atoms with E-state index < -0.39 is 12.0 Å². The van der Waals surface area contributed by atoms with E-state index in [0.29, 0.717) is 24.3 Å². The lowest BCUT2D eigenvalue weighted by molar-refractivity contribution is 0.0698. The molecule has 2 rings (SSSR count). The molecule has 21 heavy (non-hydrogen) atoms. The molecule has 0 radical (unpaired) electrons. The van der Waals surface area contributed by atoms with Gasteiger partial charge < -0.3 is 15.7 Å². The summed E-state index contributed by atoms with van der Waals surface area (Å²) in [6.45, 7) is 2.67. The summed E-state index contributed by atoms with van der Waals surface area (Å²) in [4.78, 5) is 23.0.